The lowest BCUT2D eigenvalue weighted by Crippen LogP contribution is -2.41. The number of carbonyl (C=O) groups is 1. The number of amides is 1. The lowest BCUT2D eigenvalue weighted by Gasteiger charge is -2.35. The van der Waals surface area contributed by atoms with Crippen LogP contribution in [0.15, 0.2) is 41.0 Å². The minimum absolute atomic E-state index is 0.0434. The molecule has 1 saturated heterocycles. The van der Waals surface area contributed by atoms with E-state index in [1.54, 1.807) is 6.26 Å². The van der Waals surface area contributed by atoms with Gasteiger partial charge in [0, 0.05) is 16.6 Å². The van der Waals surface area contributed by atoms with Crippen molar-refractivity contribution in [1.82, 2.24) is 10.2 Å². The number of hydrogen-bond acceptors (Lipinski definition) is 4. The molecule has 3 heterocycles. The second-order valence-electron chi connectivity index (χ2n) is 7.70. The molecule has 0 unspecified atom stereocenters. The molecule has 0 spiro atoms. The Morgan fingerprint density at radius 1 is 1.36 bits per heavy atom. The number of hydrogen-bond donors (Lipinski definition) is 1. The molecule has 4 rings (SSSR count). The highest BCUT2D eigenvalue weighted by Gasteiger charge is 2.27. The molecule has 0 radical (unpaired) electrons. The molecular weight excluding hydrogens is 392 g/mol. The third-order valence-electron chi connectivity index (χ3n) is 5.58. The molecule has 1 fully saturated rings. The van der Waals surface area contributed by atoms with Crippen LogP contribution in [0.25, 0.3) is 10.1 Å². The summed E-state index contributed by atoms with van der Waals surface area (Å²) in [6.07, 6.45) is 4.04. The smallest absolute Gasteiger partial charge is 0.263 e. The van der Waals surface area contributed by atoms with Crippen molar-refractivity contribution >= 4 is 38.9 Å². The van der Waals surface area contributed by atoms with Crippen LogP contribution in [-0.4, -0.2) is 30.4 Å². The number of nitrogens with zero attached hydrogens (tertiary/aromatic N) is 1. The summed E-state index contributed by atoms with van der Waals surface area (Å²) in [6, 6.07) is 10.0. The van der Waals surface area contributed by atoms with E-state index in [-0.39, 0.29) is 11.9 Å². The van der Waals surface area contributed by atoms with Crippen LogP contribution in [0.2, 0.25) is 5.02 Å². The van der Waals surface area contributed by atoms with Gasteiger partial charge in [0.15, 0.2) is 0 Å². The largest absolute Gasteiger partial charge is 0.468 e. The Morgan fingerprint density at radius 2 is 2.14 bits per heavy atom. The van der Waals surface area contributed by atoms with Crippen molar-refractivity contribution in [3.8, 4) is 0 Å². The van der Waals surface area contributed by atoms with Gasteiger partial charge in [0.05, 0.1) is 17.3 Å². The summed E-state index contributed by atoms with van der Waals surface area (Å²) < 4.78 is 6.73. The van der Waals surface area contributed by atoms with E-state index in [0.717, 1.165) is 40.4 Å². The minimum Gasteiger partial charge on any atom is -0.468 e. The van der Waals surface area contributed by atoms with Gasteiger partial charge < -0.3 is 9.73 Å². The second-order valence-corrected chi connectivity index (χ2v) is 9.13. The molecule has 1 aromatic carbocycles. The fourth-order valence-corrected chi connectivity index (χ4v) is 5.35. The Morgan fingerprint density at radius 3 is 2.86 bits per heavy atom. The first-order valence-electron chi connectivity index (χ1n) is 9.77. The molecule has 28 heavy (non-hydrogen) atoms. The molecule has 4 nitrogen and oxygen atoms in total. The number of halogens is 1. The van der Waals surface area contributed by atoms with Gasteiger partial charge in [0.2, 0.25) is 0 Å². The van der Waals surface area contributed by atoms with E-state index in [2.05, 4.69) is 23.2 Å². The van der Waals surface area contributed by atoms with E-state index < -0.39 is 0 Å². The number of fused-ring (bicyclic) bond motifs is 1. The highest BCUT2D eigenvalue weighted by Crippen LogP contribution is 2.36. The third kappa shape index (κ3) is 3.97. The molecule has 1 aliphatic rings. The zero-order valence-electron chi connectivity index (χ0n) is 16.2. The number of rotatable bonds is 5. The highest BCUT2D eigenvalue weighted by molar-refractivity contribution is 7.21. The first-order chi connectivity index (χ1) is 13.5. The number of carbonyl (C=O) groups excluding carboxylic acids is 1. The topological polar surface area (TPSA) is 45.5 Å². The molecule has 1 amide bonds. The summed E-state index contributed by atoms with van der Waals surface area (Å²) in [5.41, 5.74) is 1.16. The maximum absolute atomic E-state index is 12.9. The van der Waals surface area contributed by atoms with Crippen molar-refractivity contribution < 1.29 is 9.21 Å². The number of nitrogens with one attached hydrogen (secondary N) is 1. The molecule has 1 atom stereocenters. The molecule has 0 aliphatic carbocycles. The molecule has 3 aromatic rings. The molecule has 1 aliphatic heterocycles. The van der Waals surface area contributed by atoms with Crippen molar-refractivity contribution in [2.75, 3.05) is 19.6 Å². The quantitative estimate of drug-likeness (QED) is 0.583. The molecule has 0 saturated carbocycles. The normalized spacial score (nSPS) is 17.1. The summed E-state index contributed by atoms with van der Waals surface area (Å²) in [5, 5.41) is 4.58. The summed E-state index contributed by atoms with van der Waals surface area (Å²) >= 11 is 7.95. The maximum Gasteiger partial charge on any atom is 0.263 e. The van der Waals surface area contributed by atoms with E-state index >= 15 is 0 Å². The first kappa shape index (κ1) is 19.5. The van der Waals surface area contributed by atoms with Gasteiger partial charge in [-0.25, -0.2) is 0 Å². The number of furan rings is 1. The Bertz CT molecular complexity index is 958. The zero-order chi connectivity index (χ0) is 19.7. The molecule has 2 aromatic heterocycles. The van der Waals surface area contributed by atoms with Crippen LogP contribution in [0.3, 0.4) is 0 Å². The first-order valence-corrected chi connectivity index (χ1v) is 11.0. The number of thiophene rings is 1. The zero-order valence-corrected chi connectivity index (χ0v) is 17.8. The SMILES string of the molecule is Cc1ccc2c(Cl)c(C(=O)NC[C@H](c3ccco3)N3CCC(C)CC3)sc2c1. The van der Waals surface area contributed by atoms with Crippen LogP contribution in [0.1, 0.15) is 46.8 Å². The Labute approximate surface area is 174 Å². The van der Waals surface area contributed by atoms with Crippen molar-refractivity contribution in [3.63, 3.8) is 0 Å². The summed E-state index contributed by atoms with van der Waals surface area (Å²) in [7, 11) is 0. The Balaban J connectivity index is 1.51. The van der Waals surface area contributed by atoms with Crippen molar-refractivity contribution in [1.29, 1.82) is 0 Å². The molecule has 148 valence electrons. The van der Waals surface area contributed by atoms with Gasteiger partial charge in [-0.1, -0.05) is 30.7 Å². The van der Waals surface area contributed by atoms with Crippen molar-refractivity contribution in [2.24, 2.45) is 5.92 Å². The fourth-order valence-electron chi connectivity index (χ4n) is 3.82. The van der Waals surface area contributed by atoms with E-state index in [1.807, 2.05) is 31.2 Å². The van der Waals surface area contributed by atoms with Crippen LogP contribution in [0.4, 0.5) is 0 Å². The fraction of sp³-hybridized carbons (Fsp3) is 0.409. The highest BCUT2D eigenvalue weighted by atomic mass is 35.5. The summed E-state index contributed by atoms with van der Waals surface area (Å²) in [4.78, 5) is 15.9. The van der Waals surface area contributed by atoms with E-state index in [1.165, 1.54) is 24.2 Å². The predicted octanol–water partition coefficient (Wildman–Crippen LogP) is 5.66. The Kier molecular flexibility index (Phi) is 5.76. The lowest BCUT2D eigenvalue weighted by molar-refractivity contribution is 0.0899. The monoisotopic (exact) mass is 416 g/mol. The number of benzene rings is 1. The summed E-state index contributed by atoms with van der Waals surface area (Å²) in [5.74, 6) is 1.53. The van der Waals surface area contributed by atoms with E-state index in [4.69, 9.17) is 16.0 Å². The van der Waals surface area contributed by atoms with Gasteiger partial charge in [-0.05, 0) is 62.5 Å². The number of aryl methyl sites for hydroxylation is 1. The lowest BCUT2D eigenvalue weighted by atomic mass is 9.97. The van der Waals surface area contributed by atoms with E-state index in [0.29, 0.717) is 16.4 Å². The Hall–Kier alpha value is -1.82. The van der Waals surface area contributed by atoms with Crippen LogP contribution < -0.4 is 5.32 Å². The van der Waals surface area contributed by atoms with E-state index in [9.17, 15) is 4.79 Å². The van der Waals surface area contributed by atoms with Gasteiger partial charge in [0.1, 0.15) is 10.6 Å². The molecule has 0 bridgehead atoms. The van der Waals surface area contributed by atoms with Crippen LogP contribution in [-0.2, 0) is 0 Å². The number of piperidine rings is 1. The maximum atomic E-state index is 12.9. The van der Waals surface area contributed by atoms with Gasteiger partial charge in [-0.15, -0.1) is 11.3 Å². The van der Waals surface area contributed by atoms with Gasteiger partial charge in [-0.3, -0.25) is 9.69 Å². The predicted molar refractivity (Wildman–Crippen MR) is 115 cm³/mol. The van der Waals surface area contributed by atoms with Crippen molar-refractivity contribution in [2.45, 2.75) is 32.7 Å². The summed E-state index contributed by atoms with van der Waals surface area (Å²) in [6.45, 7) is 6.88. The van der Waals surface area contributed by atoms with Crippen LogP contribution >= 0.6 is 22.9 Å². The van der Waals surface area contributed by atoms with Crippen molar-refractivity contribution in [3.05, 3.63) is 57.8 Å². The standard InChI is InChI=1S/C22H25ClN2O2S/c1-14-7-9-25(10-8-14)17(18-4-3-11-27-18)13-24-22(26)21-20(23)16-6-5-15(2)12-19(16)28-21/h3-6,11-12,14,17H,7-10,13H2,1-2H3,(H,24,26)/t17-/m1/s1. The van der Waals surface area contributed by atoms with Gasteiger partial charge in [-0.2, -0.15) is 0 Å². The van der Waals surface area contributed by atoms with Crippen LogP contribution in [0, 0.1) is 12.8 Å². The average molecular weight is 417 g/mol. The molecule has 1 N–H and O–H groups in total. The van der Waals surface area contributed by atoms with Gasteiger partial charge >= 0.3 is 0 Å². The molecule has 6 heteroatoms. The molecular formula is C22H25ClN2O2S. The minimum atomic E-state index is -0.120. The second kappa shape index (κ2) is 8.27. The van der Waals surface area contributed by atoms with Crippen LogP contribution in [0.5, 0.6) is 0 Å². The van der Waals surface area contributed by atoms with Gasteiger partial charge in [0.25, 0.3) is 5.91 Å². The third-order valence-corrected chi connectivity index (χ3v) is 7.23. The average Bonchev–Trinajstić information content (AvgIpc) is 3.31. The number of likely N-dealkylation sites (tertiary alicyclic amines) is 1.